The number of aromatic nitrogens is 2. The molecule has 0 amide bonds. The smallest absolute Gasteiger partial charge is 0.295 e. The normalized spacial score (nSPS) is 12.4. The molecule has 0 spiro atoms. The Morgan fingerprint density at radius 2 is 2.29 bits per heavy atom. The largest absolute Gasteiger partial charge is 0.389 e. The predicted molar refractivity (Wildman–Crippen MR) is 60.9 cm³/mol. The second-order valence-corrected chi connectivity index (χ2v) is 3.63. The lowest BCUT2D eigenvalue weighted by Gasteiger charge is -2.07. The van der Waals surface area contributed by atoms with E-state index in [9.17, 15) is 15.2 Å². The van der Waals surface area contributed by atoms with Crippen LogP contribution in [0.2, 0.25) is 0 Å². The van der Waals surface area contributed by atoms with Gasteiger partial charge in [0, 0.05) is 18.5 Å². The highest BCUT2D eigenvalue weighted by atomic mass is 16.6. The van der Waals surface area contributed by atoms with Crippen molar-refractivity contribution in [2.75, 3.05) is 0 Å². The quantitative estimate of drug-likeness (QED) is 0.647. The van der Waals surface area contributed by atoms with Gasteiger partial charge in [0.2, 0.25) is 0 Å². The molecule has 17 heavy (non-hydrogen) atoms. The van der Waals surface area contributed by atoms with Crippen molar-refractivity contribution < 1.29 is 10.0 Å². The fourth-order valence-corrected chi connectivity index (χ4v) is 1.55. The van der Waals surface area contributed by atoms with Crippen LogP contribution >= 0.6 is 0 Å². The van der Waals surface area contributed by atoms with Gasteiger partial charge in [-0.1, -0.05) is 6.07 Å². The first-order chi connectivity index (χ1) is 8.09. The van der Waals surface area contributed by atoms with E-state index in [1.54, 1.807) is 37.5 Å². The van der Waals surface area contributed by atoms with Crippen molar-refractivity contribution in [3.8, 4) is 5.69 Å². The Bertz CT molecular complexity index is 535. The van der Waals surface area contributed by atoms with E-state index in [0.717, 1.165) is 0 Å². The molecule has 88 valence electrons. The van der Waals surface area contributed by atoms with Gasteiger partial charge in [0.1, 0.15) is 5.69 Å². The Morgan fingerprint density at radius 1 is 1.53 bits per heavy atom. The Hall–Kier alpha value is -2.21. The zero-order chi connectivity index (χ0) is 12.4. The summed E-state index contributed by atoms with van der Waals surface area (Å²) in [7, 11) is 0. The van der Waals surface area contributed by atoms with Crippen molar-refractivity contribution in [2.24, 2.45) is 0 Å². The highest BCUT2D eigenvalue weighted by Gasteiger charge is 2.17. The zero-order valence-corrected chi connectivity index (χ0v) is 9.15. The summed E-state index contributed by atoms with van der Waals surface area (Å²) in [6.07, 6.45) is 2.44. The second kappa shape index (κ2) is 4.34. The second-order valence-electron chi connectivity index (χ2n) is 3.63. The Labute approximate surface area is 97.3 Å². The number of nitro groups is 1. The van der Waals surface area contributed by atoms with Gasteiger partial charge in [-0.2, -0.15) is 5.10 Å². The summed E-state index contributed by atoms with van der Waals surface area (Å²) in [5.41, 5.74) is 0.809. The summed E-state index contributed by atoms with van der Waals surface area (Å²) in [6.45, 7) is 1.56. The van der Waals surface area contributed by atoms with E-state index in [-0.39, 0.29) is 5.69 Å². The Kier molecular flexibility index (Phi) is 2.88. The standard InChI is InChI=1S/C11H11N3O3/c1-8(15)9-3-4-10(11(7-9)14(16)17)13-6-2-5-12-13/h2-8,15H,1H3. The molecule has 0 saturated heterocycles. The molecule has 0 radical (unpaired) electrons. The molecule has 1 atom stereocenters. The molecule has 1 N–H and O–H groups in total. The molecule has 1 unspecified atom stereocenters. The van der Waals surface area contributed by atoms with Crippen LogP contribution in [0.1, 0.15) is 18.6 Å². The molecule has 0 fully saturated rings. The van der Waals surface area contributed by atoms with E-state index in [1.165, 1.54) is 10.7 Å². The maximum atomic E-state index is 11.0. The first kappa shape index (κ1) is 11.3. The molecule has 0 bridgehead atoms. The average molecular weight is 233 g/mol. The van der Waals surface area contributed by atoms with Gasteiger partial charge in [-0.25, -0.2) is 4.68 Å². The van der Waals surface area contributed by atoms with Gasteiger partial charge in [-0.15, -0.1) is 0 Å². The molecule has 2 aromatic rings. The van der Waals surface area contributed by atoms with Gasteiger partial charge >= 0.3 is 0 Å². The Balaban J connectivity index is 2.57. The lowest BCUT2D eigenvalue weighted by Crippen LogP contribution is -2.02. The van der Waals surface area contributed by atoms with Gasteiger partial charge < -0.3 is 5.11 Å². The zero-order valence-electron chi connectivity index (χ0n) is 9.15. The summed E-state index contributed by atoms with van der Waals surface area (Å²) >= 11 is 0. The molecular weight excluding hydrogens is 222 g/mol. The van der Waals surface area contributed by atoms with Crippen LogP contribution in [0.25, 0.3) is 5.69 Å². The van der Waals surface area contributed by atoms with Crippen molar-refractivity contribution in [1.82, 2.24) is 9.78 Å². The van der Waals surface area contributed by atoms with Gasteiger partial charge in [-0.3, -0.25) is 10.1 Å². The lowest BCUT2D eigenvalue weighted by atomic mass is 10.1. The van der Waals surface area contributed by atoms with Crippen LogP contribution in [0.5, 0.6) is 0 Å². The van der Waals surface area contributed by atoms with E-state index in [1.807, 2.05) is 0 Å². The molecule has 6 nitrogen and oxygen atoms in total. The monoisotopic (exact) mass is 233 g/mol. The number of aliphatic hydroxyl groups excluding tert-OH is 1. The van der Waals surface area contributed by atoms with Crippen LogP contribution in [-0.2, 0) is 0 Å². The van der Waals surface area contributed by atoms with Crippen LogP contribution in [-0.4, -0.2) is 19.8 Å². The topological polar surface area (TPSA) is 81.2 Å². The number of nitrogens with zero attached hydrogens (tertiary/aromatic N) is 3. The summed E-state index contributed by atoms with van der Waals surface area (Å²) in [6, 6.07) is 6.27. The van der Waals surface area contributed by atoms with Crippen LogP contribution in [0, 0.1) is 10.1 Å². The fraction of sp³-hybridized carbons (Fsp3) is 0.182. The van der Waals surface area contributed by atoms with E-state index in [2.05, 4.69) is 5.10 Å². The SMILES string of the molecule is CC(O)c1ccc(-n2cccn2)c([N+](=O)[O-])c1. The summed E-state index contributed by atoms with van der Waals surface area (Å²) in [5.74, 6) is 0. The highest BCUT2D eigenvalue weighted by molar-refractivity contribution is 5.54. The van der Waals surface area contributed by atoms with E-state index in [4.69, 9.17) is 0 Å². The van der Waals surface area contributed by atoms with Crippen molar-refractivity contribution in [3.63, 3.8) is 0 Å². The predicted octanol–water partition coefficient (Wildman–Crippen LogP) is 1.83. The van der Waals surface area contributed by atoms with Gasteiger partial charge in [0.25, 0.3) is 5.69 Å². The molecule has 0 aliphatic heterocycles. The number of benzene rings is 1. The fourth-order valence-electron chi connectivity index (χ4n) is 1.55. The number of nitro benzene ring substituents is 1. The molecule has 0 aliphatic rings. The summed E-state index contributed by atoms with van der Waals surface area (Å²) in [4.78, 5) is 10.5. The van der Waals surface area contributed by atoms with Crippen LogP contribution in [0.4, 0.5) is 5.69 Å². The molecule has 0 saturated carbocycles. The maximum Gasteiger partial charge on any atom is 0.295 e. The third-order valence-corrected chi connectivity index (χ3v) is 2.43. The molecule has 0 aliphatic carbocycles. The van der Waals surface area contributed by atoms with E-state index >= 15 is 0 Å². The average Bonchev–Trinajstić information content (AvgIpc) is 2.81. The third-order valence-electron chi connectivity index (χ3n) is 2.43. The first-order valence-electron chi connectivity index (χ1n) is 5.06. The minimum Gasteiger partial charge on any atom is -0.389 e. The molecule has 1 aromatic heterocycles. The van der Waals surface area contributed by atoms with Crippen molar-refractivity contribution in [1.29, 1.82) is 0 Å². The van der Waals surface area contributed by atoms with E-state index < -0.39 is 11.0 Å². The lowest BCUT2D eigenvalue weighted by molar-refractivity contribution is -0.384. The highest BCUT2D eigenvalue weighted by Crippen LogP contribution is 2.26. The number of rotatable bonds is 3. The number of hydrogen-bond donors (Lipinski definition) is 1. The van der Waals surface area contributed by atoms with Gasteiger partial charge in [-0.05, 0) is 24.6 Å². The van der Waals surface area contributed by atoms with Crippen LogP contribution < -0.4 is 0 Å². The summed E-state index contributed by atoms with van der Waals surface area (Å²) in [5, 5.41) is 24.3. The van der Waals surface area contributed by atoms with Crippen LogP contribution in [0.3, 0.4) is 0 Å². The first-order valence-corrected chi connectivity index (χ1v) is 5.06. The molecule has 1 aromatic carbocycles. The molecule has 6 heteroatoms. The molecule has 2 rings (SSSR count). The minimum absolute atomic E-state index is 0.0768. The van der Waals surface area contributed by atoms with Crippen molar-refractivity contribution in [2.45, 2.75) is 13.0 Å². The van der Waals surface area contributed by atoms with Crippen molar-refractivity contribution >= 4 is 5.69 Å². The van der Waals surface area contributed by atoms with Gasteiger partial charge in [0.05, 0.1) is 11.0 Å². The summed E-state index contributed by atoms with van der Waals surface area (Å²) < 4.78 is 1.42. The molecular formula is C11H11N3O3. The van der Waals surface area contributed by atoms with Gasteiger partial charge in [0.15, 0.2) is 0 Å². The minimum atomic E-state index is -0.736. The molecule has 1 heterocycles. The van der Waals surface area contributed by atoms with E-state index in [0.29, 0.717) is 11.3 Å². The number of aliphatic hydroxyl groups is 1. The van der Waals surface area contributed by atoms with Crippen LogP contribution in [0.15, 0.2) is 36.7 Å². The maximum absolute atomic E-state index is 11.0. The third kappa shape index (κ3) is 2.16. The Morgan fingerprint density at radius 3 is 2.82 bits per heavy atom. The number of hydrogen-bond acceptors (Lipinski definition) is 4. The van der Waals surface area contributed by atoms with Crippen molar-refractivity contribution in [3.05, 3.63) is 52.3 Å².